The highest BCUT2D eigenvalue weighted by Crippen LogP contribution is 2.35. The third kappa shape index (κ3) is 23.7. The first kappa shape index (κ1) is 67.3. The second-order valence-electron chi connectivity index (χ2n) is 19.1. The molecule has 1 aromatic heterocycles. The molecule has 0 aliphatic heterocycles. The van der Waals surface area contributed by atoms with Crippen LogP contribution in [0.2, 0.25) is 0 Å². The Kier molecular flexibility index (Phi) is 32.2. The van der Waals surface area contributed by atoms with Crippen molar-refractivity contribution < 1.29 is 57.1 Å². The van der Waals surface area contributed by atoms with Gasteiger partial charge in [-0.1, -0.05) is 104 Å². The number of thiazole rings is 1. The van der Waals surface area contributed by atoms with Gasteiger partial charge < -0.3 is 37.9 Å². The van der Waals surface area contributed by atoms with Crippen LogP contribution >= 0.6 is 11.3 Å². The number of anilines is 1. The molecular weight excluding hydrogens is 1060 g/mol. The molecule has 0 radical (unpaired) electrons. The fourth-order valence-corrected chi connectivity index (χ4v) is 9.91. The van der Waals surface area contributed by atoms with E-state index in [4.69, 9.17) is 48.0 Å². The van der Waals surface area contributed by atoms with E-state index in [2.05, 4.69) is 26.1 Å². The van der Waals surface area contributed by atoms with Crippen LogP contribution in [0.25, 0.3) is 10.2 Å². The lowest BCUT2D eigenvalue weighted by Crippen LogP contribution is -2.28. The lowest BCUT2D eigenvalue weighted by Gasteiger charge is -2.28. The van der Waals surface area contributed by atoms with E-state index in [0.29, 0.717) is 99.4 Å². The standard InChI is InChI=1S/C60H71N3O12S.3C2H6/c1-4-7-8-11-34-63(60-62-53-14-9-10-15-55(53)76-60)61-40-47-39-52(72-41-43-16-20-45(21-17-43)58(66)74-50-28-24-48(25-29-50)68-35-12-37-70-56(64)5-2)32-33-54(47)73-42-44-18-22-46(23-19-44)59(67)75-51-30-26-49(27-31-51)69-36-13-38-71-57(65)6-3;3*1-2/h5-6,9-10,14-15,24-33,39-40,43-46H,2-4,7-8,11-13,16-23,34-38,41-42H2,1H3;3*1-2H3/b61-40+;;;. The number of nitrogens with zero attached hydrogens (tertiary/aromatic N) is 3. The quantitative estimate of drug-likeness (QED) is 0.0106. The Labute approximate surface area is 491 Å². The van der Waals surface area contributed by atoms with E-state index in [-0.39, 0.29) is 48.8 Å². The van der Waals surface area contributed by atoms with Gasteiger partial charge in [-0.15, -0.1) is 0 Å². The first-order valence-electron chi connectivity index (χ1n) is 29.7. The second-order valence-corrected chi connectivity index (χ2v) is 20.1. The maximum atomic E-state index is 13.2. The van der Waals surface area contributed by atoms with Gasteiger partial charge in [0.2, 0.25) is 5.13 Å². The van der Waals surface area contributed by atoms with Gasteiger partial charge in [-0.25, -0.2) is 19.6 Å². The molecule has 2 fully saturated rings. The van der Waals surface area contributed by atoms with Crippen LogP contribution in [0.3, 0.4) is 0 Å². The van der Waals surface area contributed by atoms with E-state index in [1.54, 1.807) is 59.9 Å². The average Bonchev–Trinajstić information content (AvgIpc) is 4.06. The number of benzene rings is 4. The maximum absolute atomic E-state index is 13.2. The Morgan fingerprint density at radius 3 is 1.56 bits per heavy atom. The lowest BCUT2D eigenvalue weighted by molar-refractivity contribution is -0.141. The summed E-state index contributed by atoms with van der Waals surface area (Å²) in [5, 5.41) is 7.90. The molecule has 2 saturated carbocycles. The van der Waals surface area contributed by atoms with Crippen LogP contribution in [-0.4, -0.2) is 81.3 Å². The number of aromatic nitrogens is 1. The minimum Gasteiger partial charge on any atom is -0.493 e. The minimum atomic E-state index is -0.463. The van der Waals surface area contributed by atoms with E-state index in [0.717, 1.165) is 91.0 Å². The molecule has 0 saturated heterocycles. The van der Waals surface area contributed by atoms with Gasteiger partial charge in [0.15, 0.2) is 0 Å². The number of unbranched alkanes of at least 4 members (excludes halogenated alkanes) is 3. The normalized spacial score (nSPS) is 16.2. The second kappa shape index (κ2) is 39.3. The van der Waals surface area contributed by atoms with E-state index in [1.807, 2.05) is 89.2 Å². The largest absolute Gasteiger partial charge is 0.493 e. The van der Waals surface area contributed by atoms with Crippen LogP contribution in [0.1, 0.15) is 144 Å². The number of hydrazone groups is 1. The van der Waals surface area contributed by atoms with Crippen molar-refractivity contribution in [1.82, 2.24) is 4.98 Å². The van der Waals surface area contributed by atoms with Crippen LogP contribution in [0.5, 0.6) is 34.5 Å². The molecule has 0 atom stereocenters. The molecule has 446 valence electrons. The van der Waals surface area contributed by atoms with Gasteiger partial charge in [0.05, 0.1) is 67.9 Å². The van der Waals surface area contributed by atoms with Gasteiger partial charge in [0, 0.05) is 37.1 Å². The van der Waals surface area contributed by atoms with Crippen LogP contribution < -0.4 is 33.4 Å². The van der Waals surface area contributed by atoms with Crippen LogP contribution in [0.4, 0.5) is 5.13 Å². The Balaban J connectivity index is 0.00000233. The highest BCUT2D eigenvalue weighted by molar-refractivity contribution is 7.22. The molecule has 82 heavy (non-hydrogen) atoms. The number of esters is 4. The van der Waals surface area contributed by atoms with Gasteiger partial charge in [-0.05, 0) is 148 Å². The molecule has 15 nitrogen and oxygen atoms in total. The summed E-state index contributed by atoms with van der Waals surface area (Å²) in [4.78, 5) is 53.8. The monoisotopic (exact) mass is 1150 g/mol. The van der Waals surface area contributed by atoms with Crippen LogP contribution in [-0.2, 0) is 28.7 Å². The number of rotatable bonds is 30. The van der Waals surface area contributed by atoms with Gasteiger partial charge in [0.1, 0.15) is 34.5 Å². The summed E-state index contributed by atoms with van der Waals surface area (Å²) in [6, 6.07) is 27.9. The van der Waals surface area contributed by atoms with Crippen molar-refractivity contribution >= 4 is 56.8 Å². The van der Waals surface area contributed by atoms with E-state index in [9.17, 15) is 19.2 Å². The molecular formula is C66H89N3O12S. The van der Waals surface area contributed by atoms with Crippen molar-refractivity contribution in [3.8, 4) is 34.5 Å². The van der Waals surface area contributed by atoms with E-state index in [1.165, 1.54) is 0 Å². The number of hydrogen-bond donors (Lipinski definition) is 0. The molecule has 7 rings (SSSR count). The Hall–Kier alpha value is -7.20. The Morgan fingerprint density at radius 2 is 1.06 bits per heavy atom. The Bertz CT molecular complexity index is 2640. The summed E-state index contributed by atoms with van der Waals surface area (Å²) in [6.07, 6.45) is 15.7. The maximum Gasteiger partial charge on any atom is 0.330 e. The predicted octanol–water partition coefficient (Wildman–Crippen LogP) is 15.4. The number of hydrogen-bond acceptors (Lipinski definition) is 16. The van der Waals surface area contributed by atoms with Gasteiger partial charge in [0.25, 0.3) is 0 Å². The molecule has 5 aromatic rings. The SMILES string of the molecule is C=CC(=O)OCCCOc1ccc(OC(=O)C2CCC(COc3ccc(OCC4CCC(C(=O)Oc5ccc(OCCCOC(=O)C=C)cc5)CC4)c(/C=N/N(CCCCCC)c4nc5ccccc5s4)c3)CC2)cc1.CC.CC.CC. The zero-order valence-electron chi connectivity index (χ0n) is 49.6. The topological polar surface area (TPSA) is 171 Å². The van der Waals surface area contributed by atoms with Gasteiger partial charge >= 0.3 is 23.9 Å². The molecule has 0 spiro atoms. The average molecular weight is 1150 g/mol. The molecule has 2 aliphatic rings. The highest BCUT2D eigenvalue weighted by Gasteiger charge is 2.30. The highest BCUT2D eigenvalue weighted by atomic mass is 32.1. The van der Waals surface area contributed by atoms with Crippen molar-refractivity contribution in [2.75, 3.05) is 51.2 Å². The van der Waals surface area contributed by atoms with Crippen molar-refractivity contribution in [2.45, 2.75) is 138 Å². The van der Waals surface area contributed by atoms with Crippen molar-refractivity contribution in [3.05, 3.63) is 122 Å². The van der Waals surface area contributed by atoms with Crippen molar-refractivity contribution in [2.24, 2.45) is 28.8 Å². The summed E-state index contributed by atoms with van der Waals surface area (Å²) in [7, 11) is 0. The number of ether oxygens (including phenoxy) is 8. The molecule has 16 heteroatoms. The third-order valence-electron chi connectivity index (χ3n) is 13.4. The Morgan fingerprint density at radius 1 is 0.573 bits per heavy atom. The fraction of sp³-hybridized carbons (Fsp3) is 0.485. The smallest absolute Gasteiger partial charge is 0.330 e. The number of carbonyl (C=O) groups is 4. The third-order valence-corrected chi connectivity index (χ3v) is 14.4. The van der Waals surface area contributed by atoms with Crippen LogP contribution in [0.15, 0.2) is 121 Å². The van der Waals surface area contributed by atoms with Crippen LogP contribution in [0, 0.1) is 23.7 Å². The number of fused-ring (bicyclic) bond motifs is 1. The fourth-order valence-electron chi connectivity index (χ4n) is 8.96. The predicted molar refractivity (Wildman–Crippen MR) is 328 cm³/mol. The zero-order valence-corrected chi connectivity index (χ0v) is 50.4. The summed E-state index contributed by atoms with van der Waals surface area (Å²) in [5.41, 5.74) is 1.73. The van der Waals surface area contributed by atoms with Crippen molar-refractivity contribution in [1.29, 1.82) is 0 Å². The molecule has 0 bridgehead atoms. The summed E-state index contributed by atoms with van der Waals surface area (Å²) < 4.78 is 47.1. The molecule has 0 unspecified atom stereocenters. The lowest BCUT2D eigenvalue weighted by atomic mass is 9.82. The molecule has 2 aliphatic carbocycles. The summed E-state index contributed by atoms with van der Waals surface area (Å²) >= 11 is 1.63. The molecule has 4 aromatic carbocycles. The summed E-state index contributed by atoms with van der Waals surface area (Å²) in [5.74, 6) is 2.33. The first-order chi connectivity index (χ1) is 40.2. The van der Waals surface area contributed by atoms with Crippen molar-refractivity contribution in [3.63, 3.8) is 0 Å². The molecule has 1 heterocycles. The van der Waals surface area contributed by atoms with E-state index < -0.39 is 11.9 Å². The molecule has 0 amide bonds. The number of carbonyl (C=O) groups excluding carboxylic acids is 4. The van der Waals surface area contributed by atoms with E-state index >= 15 is 0 Å². The summed E-state index contributed by atoms with van der Waals surface area (Å²) in [6.45, 7) is 23.9. The van der Waals surface area contributed by atoms with Gasteiger partial charge in [-0.3, -0.25) is 9.59 Å². The van der Waals surface area contributed by atoms with Gasteiger partial charge in [-0.2, -0.15) is 5.10 Å². The zero-order chi connectivity index (χ0) is 59.3. The number of para-hydroxylation sites is 1. The molecule has 0 N–H and O–H groups in total. The first-order valence-corrected chi connectivity index (χ1v) is 30.5. The minimum absolute atomic E-state index is 0.195.